The molecular formula is C15H16NO2+. The number of pyridine rings is 1. The monoisotopic (exact) mass is 242 g/mol. The summed E-state index contributed by atoms with van der Waals surface area (Å²) in [5.41, 5.74) is 1.32. The molecule has 92 valence electrons. The van der Waals surface area contributed by atoms with Gasteiger partial charge in [0.15, 0.2) is 12.4 Å². The van der Waals surface area contributed by atoms with E-state index in [1.165, 1.54) is 0 Å². The number of hydrogen-bond donors (Lipinski definition) is 1. The van der Waals surface area contributed by atoms with Crippen LogP contribution in [0.3, 0.4) is 0 Å². The third kappa shape index (κ3) is 3.17. The molecule has 0 saturated carbocycles. The largest absolute Gasteiger partial charge is 0.478 e. The Balaban J connectivity index is 1.97. The lowest BCUT2D eigenvalue weighted by Gasteiger charge is -2.04. The Kier molecular flexibility index (Phi) is 4.07. The number of rotatable bonds is 5. The summed E-state index contributed by atoms with van der Waals surface area (Å²) in [6.07, 6.45) is 5.75. The lowest BCUT2D eigenvalue weighted by atomic mass is 10.0. The molecule has 0 aliphatic carbocycles. The normalized spacial score (nSPS) is 10.2. The van der Waals surface area contributed by atoms with Gasteiger partial charge in [-0.15, -0.1) is 0 Å². The maximum absolute atomic E-state index is 11.0. The smallest absolute Gasteiger partial charge is 0.335 e. The first-order valence-electron chi connectivity index (χ1n) is 6.02. The fraction of sp³-hybridized carbons (Fsp3) is 0.200. The number of hydrogen-bond acceptors (Lipinski definition) is 1. The lowest BCUT2D eigenvalue weighted by Crippen LogP contribution is -2.32. The van der Waals surface area contributed by atoms with Crippen LogP contribution in [0.4, 0.5) is 0 Å². The average Bonchev–Trinajstić information content (AvgIpc) is 2.40. The summed E-state index contributed by atoms with van der Waals surface area (Å²) in [7, 11) is 0. The molecule has 0 bridgehead atoms. The van der Waals surface area contributed by atoms with Gasteiger partial charge in [-0.05, 0) is 18.1 Å². The Bertz CT molecular complexity index is 523. The number of benzene rings is 1. The minimum Gasteiger partial charge on any atom is -0.478 e. The molecular weight excluding hydrogens is 226 g/mol. The average molecular weight is 242 g/mol. The van der Waals surface area contributed by atoms with Crippen LogP contribution in [0.15, 0.2) is 54.9 Å². The highest BCUT2D eigenvalue weighted by Crippen LogP contribution is 2.10. The number of carboxylic acids is 1. The van der Waals surface area contributed by atoms with E-state index in [0.29, 0.717) is 5.56 Å². The molecule has 0 unspecified atom stereocenters. The topological polar surface area (TPSA) is 41.2 Å². The molecule has 2 rings (SSSR count). The van der Waals surface area contributed by atoms with E-state index >= 15 is 0 Å². The van der Waals surface area contributed by atoms with Crippen molar-refractivity contribution in [3.63, 3.8) is 0 Å². The van der Waals surface area contributed by atoms with Crippen LogP contribution in [0.2, 0.25) is 0 Å². The van der Waals surface area contributed by atoms with E-state index < -0.39 is 5.97 Å². The van der Waals surface area contributed by atoms with Crippen molar-refractivity contribution in [1.29, 1.82) is 0 Å². The van der Waals surface area contributed by atoms with Crippen molar-refractivity contribution in [3.8, 4) is 0 Å². The second kappa shape index (κ2) is 5.96. The van der Waals surface area contributed by atoms with Gasteiger partial charge in [0.2, 0.25) is 0 Å². The highest BCUT2D eigenvalue weighted by atomic mass is 16.4. The van der Waals surface area contributed by atoms with Crippen LogP contribution < -0.4 is 4.57 Å². The molecule has 0 amide bonds. The molecule has 2 aromatic rings. The molecule has 0 aliphatic rings. The Morgan fingerprint density at radius 1 is 1.06 bits per heavy atom. The molecule has 18 heavy (non-hydrogen) atoms. The van der Waals surface area contributed by atoms with E-state index in [-0.39, 0.29) is 0 Å². The summed E-state index contributed by atoms with van der Waals surface area (Å²) in [5.74, 6) is -0.849. The van der Waals surface area contributed by atoms with Gasteiger partial charge in [-0.2, -0.15) is 0 Å². The number of aromatic carboxylic acids is 1. The van der Waals surface area contributed by atoms with Crippen molar-refractivity contribution >= 4 is 5.97 Å². The first kappa shape index (κ1) is 12.3. The summed E-state index contributed by atoms with van der Waals surface area (Å²) in [5, 5.41) is 9.08. The third-order valence-corrected chi connectivity index (χ3v) is 2.89. The first-order valence-corrected chi connectivity index (χ1v) is 6.02. The minimum atomic E-state index is -0.849. The van der Waals surface area contributed by atoms with Crippen LogP contribution >= 0.6 is 0 Å². The van der Waals surface area contributed by atoms with Crippen LogP contribution in [0.1, 0.15) is 22.3 Å². The zero-order chi connectivity index (χ0) is 12.8. The third-order valence-electron chi connectivity index (χ3n) is 2.89. The summed E-state index contributed by atoms with van der Waals surface area (Å²) in [6.45, 7) is 0.898. The van der Waals surface area contributed by atoms with Gasteiger partial charge >= 0.3 is 5.97 Å². The van der Waals surface area contributed by atoms with Crippen molar-refractivity contribution in [2.45, 2.75) is 19.4 Å². The van der Waals surface area contributed by atoms with Crippen LogP contribution in [-0.2, 0) is 13.0 Å². The van der Waals surface area contributed by atoms with E-state index in [1.54, 1.807) is 12.1 Å². The zero-order valence-corrected chi connectivity index (χ0v) is 10.1. The molecule has 1 heterocycles. The standard InChI is InChI=1S/C15H15NO2/c17-15(18)14-9-3-2-7-13(14)8-6-12-16-10-4-1-5-11-16/h1-5,7,9-11H,6,8,12H2/p+1. The molecule has 0 radical (unpaired) electrons. The minimum absolute atomic E-state index is 0.413. The van der Waals surface area contributed by atoms with Gasteiger partial charge in [0.05, 0.1) is 5.56 Å². The maximum Gasteiger partial charge on any atom is 0.335 e. The van der Waals surface area contributed by atoms with Gasteiger partial charge < -0.3 is 5.11 Å². The summed E-state index contributed by atoms with van der Waals surface area (Å²) in [6, 6.07) is 13.2. The Labute approximate surface area is 106 Å². The molecule has 0 spiro atoms. The zero-order valence-electron chi connectivity index (χ0n) is 10.1. The second-order valence-corrected chi connectivity index (χ2v) is 4.18. The molecule has 3 heteroatoms. The molecule has 0 fully saturated rings. The maximum atomic E-state index is 11.0. The lowest BCUT2D eigenvalue weighted by molar-refractivity contribution is -0.697. The van der Waals surface area contributed by atoms with E-state index in [2.05, 4.69) is 4.57 Å². The van der Waals surface area contributed by atoms with Gasteiger partial charge in [0, 0.05) is 18.6 Å². The second-order valence-electron chi connectivity index (χ2n) is 4.18. The molecule has 1 aromatic carbocycles. The Hall–Kier alpha value is -2.16. The molecule has 0 aliphatic heterocycles. The van der Waals surface area contributed by atoms with Crippen molar-refractivity contribution in [2.75, 3.05) is 0 Å². The first-order chi connectivity index (χ1) is 8.77. The van der Waals surface area contributed by atoms with Crippen molar-refractivity contribution in [3.05, 3.63) is 66.0 Å². The van der Waals surface area contributed by atoms with Gasteiger partial charge in [-0.3, -0.25) is 0 Å². The van der Waals surface area contributed by atoms with E-state index in [9.17, 15) is 4.79 Å². The van der Waals surface area contributed by atoms with Gasteiger partial charge in [-0.25, -0.2) is 9.36 Å². The highest BCUT2D eigenvalue weighted by molar-refractivity contribution is 5.89. The molecule has 3 nitrogen and oxygen atoms in total. The summed E-state index contributed by atoms with van der Waals surface area (Å²) >= 11 is 0. The van der Waals surface area contributed by atoms with Crippen LogP contribution in [0, 0.1) is 0 Å². The predicted octanol–water partition coefficient (Wildman–Crippen LogP) is 2.31. The highest BCUT2D eigenvalue weighted by Gasteiger charge is 2.09. The van der Waals surface area contributed by atoms with E-state index in [4.69, 9.17) is 5.11 Å². The molecule has 1 aromatic heterocycles. The van der Waals surface area contributed by atoms with Gasteiger partial charge in [0.25, 0.3) is 0 Å². The number of carboxylic acid groups (broad SMARTS) is 1. The van der Waals surface area contributed by atoms with E-state index in [1.807, 2.05) is 42.7 Å². The number of carbonyl (C=O) groups is 1. The van der Waals surface area contributed by atoms with Crippen molar-refractivity contribution < 1.29 is 14.5 Å². The van der Waals surface area contributed by atoms with Crippen molar-refractivity contribution in [2.24, 2.45) is 0 Å². The van der Waals surface area contributed by atoms with Crippen LogP contribution in [0.5, 0.6) is 0 Å². The molecule has 0 atom stereocenters. The van der Waals surface area contributed by atoms with Gasteiger partial charge in [-0.1, -0.05) is 24.3 Å². The number of aromatic nitrogens is 1. The Morgan fingerprint density at radius 2 is 1.78 bits per heavy atom. The molecule has 1 N–H and O–H groups in total. The molecule has 0 saturated heterocycles. The quantitative estimate of drug-likeness (QED) is 0.817. The number of nitrogens with zero attached hydrogens (tertiary/aromatic N) is 1. The Morgan fingerprint density at radius 3 is 2.50 bits per heavy atom. The van der Waals surface area contributed by atoms with Crippen LogP contribution in [0.25, 0.3) is 0 Å². The summed E-state index contributed by atoms with van der Waals surface area (Å²) < 4.78 is 2.10. The summed E-state index contributed by atoms with van der Waals surface area (Å²) in [4.78, 5) is 11.0. The van der Waals surface area contributed by atoms with Crippen molar-refractivity contribution in [1.82, 2.24) is 0 Å². The number of aryl methyl sites for hydroxylation is 2. The SMILES string of the molecule is O=C(O)c1ccccc1CCC[n+]1ccccc1. The van der Waals surface area contributed by atoms with E-state index in [0.717, 1.165) is 24.9 Å². The van der Waals surface area contributed by atoms with Crippen LogP contribution in [-0.4, -0.2) is 11.1 Å². The fourth-order valence-corrected chi connectivity index (χ4v) is 1.98. The van der Waals surface area contributed by atoms with Gasteiger partial charge in [0.1, 0.15) is 6.54 Å². The predicted molar refractivity (Wildman–Crippen MR) is 68.4 cm³/mol. The fourth-order valence-electron chi connectivity index (χ4n) is 1.98.